The topological polar surface area (TPSA) is 80.0 Å². The van der Waals surface area contributed by atoms with Gasteiger partial charge in [-0.15, -0.1) is 0 Å². The zero-order chi connectivity index (χ0) is 13.9. The number of thioether (sulfide) groups is 1. The van der Waals surface area contributed by atoms with Gasteiger partial charge in [0.15, 0.2) is 5.13 Å². The Morgan fingerprint density at radius 1 is 1.53 bits per heavy atom. The molecule has 5 nitrogen and oxygen atoms in total. The minimum Gasteiger partial charge on any atom is -0.382 e. The van der Waals surface area contributed by atoms with Gasteiger partial charge in [-0.05, 0) is 19.1 Å². The minimum atomic E-state index is -0.114. The second-order valence-corrected chi connectivity index (χ2v) is 7.03. The molecule has 0 aromatic carbocycles. The molecule has 1 amide bonds. The van der Waals surface area contributed by atoms with Crippen molar-refractivity contribution in [3.05, 3.63) is 4.88 Å². The molecule has 0 aliphatic heterocycles. The maximum Gasteiger partial charge on any atom is 0.265 e. The van der Waals surface area contributed by atoms with Crippen molar-refractivity contribution >= 4 is 40.0 Å². The Labute approximate surface area is 121 Å². The highest BCUT2D eigenvalue weighted by molar-refractivity contribution is 8.00. The molecule has 1 saturated carbocycles. The summed E-state index contributed by atoms with van der Waals surface area (Å²) in [5.41, 5.74) is 5.76. The van der Waals surface area contributed by atoms with E-state index in [0.29, 0.717) is 22.4 Å². The molecule has 19 heavy (non-hydrogen) atoms. The van der Waals surface area contributed by atoms with E-state index in [2.05, 4.69) is 21.9 Å². The first-order chi connectivity index (χ1) is 9.10. The summed E-state index contributed by atoms with van der Waals surface area (Å²) in [7, 11) is 1.77. The molecule has 0 saturated heterocycles. The molecule has 0 radical (unpaired) electrons. The first-order valence-electron chi connectivity index (χ1n) is 6.37. The molecule has 0 spiro atoms. The summed E-state index contributed by atoms with van der Waals surface area (Å²) in [6, 6.07) is 0. The Balaban J connectivity index is 1.98. The number of hydrogen-bond acceptors (Lipinski definition) is 6. The summed E-state index contributed by atoms with van der Waals surface area (Å²) >= 11 is 3.15. The fraction of sp³-hybridized carbons (Fsp3) is 0.667. The Hall–Kier alpha value is -0.950. The zero-order valence-corrected chi connectivity index (χ0v) is 12.9. The molecule has 106 valence electrons. The third-order valence-corrected chi connectivity index (χ3v) is 6.10. The average molecular weight is 300 g/mol. The second kappa shape index (κ2) is 6.00. The van der Waals surface area contributed by atoms with Gasteiger partial charge in [-0.3, -0.25) is 4.79 Å². The lowest BCUT2D eigenvalue weighted by atomic mass is 10.1. The van der Waals surface area contributed by atoms with Crippen molar-refractivity contribution in [3.8, 4) is 0 Å². The summed E-state index contributed by atoms with van der Waals surface area (Å²) in [5.74, 6) is 0.188. The Kier molecular flexibility index (Phi) is 4.57. The zero-order valence-electron chi connectivity index (χ0n) is 11.3. The van der Waals surface area contributed by atoms with Gasteiger partial charge in [0, 0.05) is 18.3 Å². The Bertz CT molecular complexity index is 455. The number of nitrogens with one attached hydrogen (secondary N) is 2. The van der Waals surface area contributed by atoms with Crippen LogP contribution in [-0.2, 0) is 0 Å². The molecular formula is C12H20N4OS2. The van der Waals surface area contributed by atoms with Crippen molar-refractivity contribution in [2.75, 3.05) is 30.9 Å². The van der Waals surface area contributed by atoms with Gasteiger partial charge >= 0.3 is 0 Å². The number of amides is 1. The number of aromatic nitrogens is 1. The van der Waals surface area contributed by atoms with Crippen molar-refractivity contribution in [1.29, 1.82) is 0 Å². The van der Waals surface area contributed by atoms with E-state index in [1.165, 1.54) is 37.0 Å². The Morgan fingerprint density at radius 3 is 2.74 bits per heavy atom. The lowest BCUT2D eigenvalue weighted by Gasteiger charge is -2.26. The molecule has 1 aromatic heterocycles. The van der Waals surface area contributed by atoms with Crippen molar-refractivity contribution in [3.63, 3.8) is 0 Å². The van der Waals surface area contributed by atoms with Crippen LogP contribution >= 0.6 is 23.1 Å². The molecule has 1 fully saturated rings. The molecule has 1 heterocycles. The number of rotatable bonds is 5. The van der Waals surface area contributed by atoms with E-state index in [-0.39, 0.29) is 10.7 Å². The lowest BCUT2D eigenvalue weighted by molar-refractivity contribution is 0.0954. The van der Waals surface area contributed by atoms with Gasteiger partial charge in [-0.2, -0.15) is 11.8 Å². The van der Waals surface area contributed by atoms with Gasteiger partial charge < -0.3 is 16.4 Å². The van der Waals surface area contributed by atoms with E-state index in [9.17, 15) is 4.79 Å². The van der Waals surface area contributed by atoms with Crippen LogP contribution in [0.25, 0.3) is 0 Å². The van der Waals surface area contributed by atoms with E-state index < -0.39 is 0 Å². The van der Waals surface area contributed by atoms with Crippen LogP contribution in [0, 0.1) is 0 Å². The van der Waals surface area contributed by atoms with Gasteiger partial charge in [0.25, 0.3) is 5.91 Å². The standard InChI is InChI=1S/C12H20N4OS2/c1-14-11-16-9(13)8(19-11)10(17)15-7-12(18-2)5-3-4-6-12/h3-7,13H2,1-2H3,(H,14,16)(H,15,17). The molecular weight excluding hydrogens is 280 g/mol. The van der Waals surface area contributed by atoms with Crippen LogP contribution in [0.2, 0.25) is 0 Å². The van der Waals surface area contributed by atoms with Gasteiger partial charge in [0.05, 0.1) is 0 Å². The molecule has 0 unspecified atom stereocenters. The number of nitrogens with two attached hydrogens (primary N) is 1. The third-order valence-electron chi connectivity index (χ3n) is 3.59. The van der Waals surface area contributed by atoms with E-state index in [4.69, 9.17) is 5.73 Å². The summed E-state index contributed by atoms with van der Waals surface area (Å²) in [4.78, 5) is 16.7. The van der Waals surface area contributed by atoms with Gasteiger partial charge in [-0.25, -0.2) is 4.98 Å². The summed E-state index contributed by atoms with van der Waals surface area (Å²) in [5, 5.41) is 6.59. The monoisotopic (exact) mass is 300 g/mol. The number of anilines is 2. The van der Waals surface area contributed by atoms with Crippen LogP contribution in [0.5, 0.6) is 0 Å². The van der Waals surface area contributed by atoms with Crippen LogP contribution in [0.3, 0.4) is 0 Å². The number of thiazole rings is 1. The minimum absolute atomic E-state index is 0.114. The number of carbonyl (C=O) groups is 1. The predicted molar refractivity (Wildman–Crippen MR) is 83.1 cm³/mol. The molecule has 4 N–H and O–H groups in total. The van der Waals surface area contributed by atoms with Gasteiger partial charge in [0.1, 0.15) is 10.7 Å². The van der Waals surface area contributed by atoms with Crippen LogP contribution in [0.1, 0.15) is 35.4 Å². The molecule has 2 rings (SSSR count). The number of carbonyl (C=O) groups excluding carboxylic acids is 1. The van der Waals surface area contributed by atoms with Crippen LogP contribution < -0.4 is 16.4 Å². The van der Waals surface area contributed by atoms with Crippen LogP contribution in [0.4, 0.5) is 10.9 Å². The maximum atomic E-state index is 12.2. The number of hydrogen-bond donors (Lipinski definition) is 3. The number of nitrogen functional groups attached to an aromatic ring is 1. The summed E-state index contributed by atoms with van der Waals surface area (Å²) < 4.78 is 0.209. The molecule has 1 aliphatic carbocycles. The SMILES string of the molecule is CNc1nc(N)c(C(=O)NCC2(SC)CCCC2)s1. The highest BCUT2D eigenvalue weighted by Gasteiger charge is 2.33. The fourth-order valence-electron chi connectivity index (χ4n) is 2.40. The van der Waals surface area contributed by atoms with E-state index in [0.717, 1.165) is 0 Å². The van der Waals surface area contributed by atoms with Gasteiger partial charge in [0.2, 0.25) is 0 Å². The first-order valence-corrected chi connectivity index (χ1v) is 8.42. The maximum absolute atomic E-state index is 12.2. The van der Waals surface area contributed by atoms with Crippen LogP contribution in [-0.4, -0.2) is 35.5 Å². The quantitative estimate of drug-likeness (QED) is 0.776. The molecule has 1 aromatic rings. The molecule has 0 atom stereocenters. The van der Waals surface area contributed by atoms with Crippen molar-refractivity contribution < 1.29 is 4.79 Å². The molecule has 1 aliphatic rings. The molecule has 0 bridgehead atoms. The van der Waals surface area contributed by atoms with Crippen molar-refractivity contribution in [2.24, 2.45) is 0 Å². The first kappa shape index (κ1) is 14.5. The van der Waals surface area contributed by atoms with Gasteiger partial charge in [-0.1, -0.05) is 24.2 Å². The smallest absolute Gasteiger partial charge is 0.265 e. The van der Waals surface area contributed by atoms with Crippen molar-refractivity contribution in [1.82, 2.24) is 10.3 Å². The Morgan fingerprint density at radius 2 is 2.21 bits per heavy atom. The fourth-order valence-corrected chi connectivity index (χ4v) is 4.06. The van der Waals surface area contributed by atoms with Crippen LogP contribution in [0.15, 0.2) is 0 Å². The van der Waals surface area contributed by atoms with E-state index >= 15 is 0 Å². The van der Waals surface area contributed by atoms with Crippen molar-refractivity contribution in [2.45, 2.75) is 30.4 Å². The number of nitrogens with zero attached hydrogens (tertiary/aromatic N) is 1. The molecule has 7 heteroatoms. The predicted octanol–water partition coefficient (Wildman–Crippen LogP) is 2.17. The van der Waals surface area contributed by atoms with E-state index in [1.54, 1.807) is 7.05 Å². The summed E-state index contributed by atoms with van der Waals surface area (Å²) in [6.45, 7) is 0.708. The normalized spacial score (nSPS) is 17.4. The lowest BCUT2D eigenvalue weighted by Crippen LogP contribution is -2.38. The highest BCUT2D eigenvalue weighted by Crippen LogP contribution is 2.39. The second-order valence-electron chi connectivity index (χ2n) is 4.76. The summed E-state index contributed by atoms with van der Waals surface area (Å²) in [6.07, 6.45) is 6.98. The largest absolute Gasteiger partial charge is 0.382 e. The third kappa shape index (κ3) is 3.14. The highest BCUT2D eigenvalue weighted by atomic mass is 32.2. The van der Waals surface area contributed by atoms with E-state index in [1.807, 2.05) is 11.8 Å². The average Bonchev–Trinajstić information content (AvgIpc) is 3.03.